The number of hydrogen-bond acceptors (Lipinski definition) is 17. The number of rotatable bonds is 11. The number of ether oxygens (including phenoxy) is 2. The first-order chi connectivity index (χ1) is 34.3. The van der Waals surface area contributed by atoms with Crippen LogP contribution in [0, 0.1) is 0 Å². The molecule has 2 N–H and O–H groups in total. The van der Waals surface area contributed by atoms with Crippen molar-refractivity contribution in [3.05, 3.63) is 207 Å². The molecule has 0 bridgehead atoms. The number of imidazole rings is 2. The van der Waals surface area contributed by atoms with E-state index in [-0.39, 0.29) is 50.1 Å². The molecular formula is C50H37N12O8Ru2-. The van der Waals surface area contributed by atoms with Gasteiger partial charge in [0.1, 0.15) is 11.5 Å². The van der Waals surface area contributed by atoms with Crippen molar-refractivity contribution in [3.8, 4) is 68.7 Å². The van der Waals surface area contributed by atoms with E-state index in [1.807, 2.05) is 72.8 Å². The fourth-order valence-electron chi connectivity index (χ4n) is 5.57. The van der Waals surface area contributed by atoms with Crippen molar-refractivity contribution in [1.29, 1.82) is 0 Å². The van der Waals surface area contributed by atoms with E-state index < -0.39 is 18.7 Å². The standard InChI is InChI=1S/C12H10N2O4.C12H8N2O4.2C10H8N2.C6H4N4.2Ru/c2*15-7-18-9-2-4-14-11(6-9)10-5-8(12(16)17)1-3-13-10;2*1-3-7-11-9(5-1)10-6-2-4-8-12-10;1-2-8-5(7-1)6-9-3-4-10-6;;/h1-6,15H,7H2,(H,16,17);1-7H,(H,16,17);2*1-8H;1-4H;;/q;;;;-2;2*+1/p-1. The monoisotopic (exact) mass is 1140 g/mol. The average Bonchev–Trinajstić information content (AvgIpc) is 4.18. The predicted octanol–water partition coefficient (Wildman–Crippen LogP) is 5.55. The number of carboxylic acids is 2. The molecule has 0 aromatic carbocycles. The molecule has 10 heterocycles. The maximum absolute atomic E-state index is 10.8. The first-order valence-electron chi connectivity index (χ1n) is 20.5. The molecule has 0 unspecified atom stereocenters. The normalized spacial score (nSPS) is 9.57. The Balaban J connectivity index is 0.000000197. The van der Waals surface area contributed by atoms with Gasteiger partial charge in [0.25, 0.3) is 6.47 Å². The number of aromatic nitrogens is 12. The fraction of sp³-hybridized carbons (Fsp3) is 0.0200. The molecule has 0 aliphatic rings. The van der Waals surface area contributed by atoms with Gasteiger partial charge in [-0.05, 0) is 84.9 Å². The van der Waals surface area contributed by atoms with Crippen LogP contribution in [0.3, 0.4) is 0 Å². The first-order valence-corrected chi connectivity index (χ1v) is 20.5. The van der Waals surface area contributed by atoms with E-state index in [2.05, 4.69) is 64.5 Å². The van der Waals surface area contributed by atoms with Gasteiger partial charge < -0.3 is 49.5 Å². The summed E-state index contributed by atoms with van der Waals surface area (Å²) in [5.41, 5.74) is 5.46. The average molecular weight is 1140 g/mol. The number of carbonyl (C=O) groups excluding carboxylic acids is 2. The zero-order chi connectivity index (χ0) is 49.2. The largest absolute Gasteiger partial charge is 1.00 e. The van der Waals surface area contributed by atoms with Crippen molar-refractivity contribution < 1.29 is 78.1 Å². The molecule has 0 atom stereocenters. The Morgan fingerprint density at radius 3 is 1.21 bits per heavy atom. The molecule has 2 radical (unpaired) electrons. The Bertz CT molecular complexity index is 2950. The predicted molar refractivity (Wildman–Crippen MR) is 250 cm³/mol. The van der Waals surface area contributed by atoms with Crippen LogP contribution < -0.4 is 24.5 Å². The SMILES string of the molecule is O=C([O-])c1ccnc(-c2cc(OCO)ccn2)c1.O=COc1ccnc(-c2cc(C(=O)O)ccn2)c1.[Ru+].[Ru+].c1c[n-]c(-c2ncc[n-]2)n1.c1ccc(-c2ccccn2)nc1.c1ccc(-c2ccccn2)nc1. The molecule has 0 saturated heterocycles. The molecule has 362 valence electrons. The van der Waals surface area contributed by atoms with Crippen molar-refractivity contribution in [1.82, 2.24) is 59.8 Å². The van der Waals surface area contributed by atoms with E-state index in [0.29, 0.717) is 52.4 Å². The van der Waals surface area contributed by atoms with Crippen LogP contribution in [0.15, 0.2) is 196 Å². The van der Waals surface area contributed by atoms with Gasteiger partial charge in [-0.25, -0.2) is 4.79 Å². The Hall–Kier alpha value is -8.96. The van der Waals surface area contributed by atoms with Crippen LogP contribution in [0.5, 0.6) is 11.5 Å². The minimum Gasteiger partial charge on any atom is -0.545 e. The third kappa shape index (κ3) is 17.8. The van der Waals surface area contributed by atoms with Gasteiger partial charge in [0, 0.05) is 67.3 Å². The molecule has 0 spiro atoms. The summed E-state index contributed by atoms with van der Waals surface area (Å²) in [7, 11) is 0. The van der Waals surface area contributed by atoms with Crippen molar-refractivity contribution in [2.24, 2.45) is 0 Å². The topological polar surface area (TPSA) is 290 Å². The molecule has 72 heavy (non-hydrogen) atoms. The number of pyridine rings is 8. The van der Waals surface area contributed by atoms with Crippen LogP contribution in [-0.4, -0.2) is 85.3 Å². The Morgan fingerprint density at radius 2 is 0.847 bits per heavy atom. The van der Waals surface area contributed by atoms with Crippen molar-refractivity contribution in [3.63, 3.8) is 0 Å². The van der Waals surface area contributed by atoms with Crippen LogP contribution in [0.2, 0.25) is 0 Å². The quantitative estimate of drug-likeness (QED) is 0.0911. The molecular weight excluding hydrogens is 1100 g/mol. The summed E-state index contributed by atoms with van der Waals surface area (Å²) in [5, 5.41) is 28.3. The van der Waals surface area contributed by atoms with E-state index in [9.17, 15) is 19.5 Å². The summed E-state index contributed by atoms with van der Waals surface area (Å²) < 4.78 is 9.59. The number of hydrogen-bond donors (Lipinski definition) is 2. The number of aliphatic hydroxyl groups excluding tert-OH is 1. The maximum atomic E-state index is 10.8. The Morgan fingerprint density at radius 1 is 0.472 bits per heavy atom. The number of nitrogens with zero attached hydrogens (tertiary/aromatic N) is 12. The first kappa shape index (κ1) is 55.6. The molecule has 22 heteroatoms. The van der Waals surface area contributed by atoms with E-state index >= 15 is 0 Å². The number of carboxylic acid groups (broad SMARTS) is 2. The van der Waals surface area contributed by atoms with Gasteiger partial charge in [-0.2, -0.15) is 0 Å². The maximum Gasteiger partial charge on any atom is 1.00 e. The van der Waals surface area contributed by atoms with Crippen LogP contribution in [0.25, 0.3) is 57.2 Å². The molecule has 10 rings (SSSR count). The molecule has 10 aromatic heterocycles. The fourth-order valence-corrected chi connectivity index (χ4v) is 5.57. The summed E-state index contributed by atoms with van der Waals surface area (Å²) >= 11 is 0. The number of carbonyl (C=O) groups is 3. The summed E-state index contributed by atoms with van der Waals surface area (Å²) in [5.74, 6) is -0.406. The van der Waals surface area contributed by atoms with Crippen molar-refractivity contribution in [2.75, 3.05) is 6.79 Å². The Labute approximate surface area is 436 Å². The van der Waals surface area contributed by atoms with Crippen molar-refractivity contribution in [2.45, 2.75) is 0 Å². The zero-order valence-electron chi connectivity index (χ0n) is 37.2. The molecule has 0 aliphatic heterocycles. The summed E-state index contributed by atoms with van der Waals surface area (Å²) in [4.78, 5) is 80.4. The third-order valence-corrected chi connectivity index (χ3v) is 8.71. The van der Waals surface area contributed by atoms with E-state index in [1.54, 1.807) is 61.7 Å². The minimum atomic E-state index is -1.28. The zero-order valence-corrected chi connectivity index (χ0v) is 40.7. The van der Waals surface area contributed by atoms with Gasteiger partial charge in [-0.1, -0.05) is 60.7 Å². The summed E-state index contributed by atoms with van der Waals surface area (Å²) in [6.07, 6.45) is 19.2. The molecule has 0 amide bonds. The third-order valence-electron chi connectivity index (χ3n) is 8.71. The smallest absolute Gasteiger partial charge is 0.545 e. The van der Waals surface area contributed by atoms with Crippen LogP contribution in [0.1, 0.15) is 20.7 Å². The van der Waals surface area contributed by atoms with Gasteiger partial charge in [-0.3, -0.25) is 44.7 Å². The number of aromatic carboxylic acids is 2. The van der Waals surface area contributed by atoms with E-state index in [4.69, 9.17) is 14.9 Å². The van der Waals surface area contributed by atoms with E-state index in [0.717, 1.165) is 22.8 Å². The van der Waals surface area contributed by atoms with Crippen LogP contribution in [-0.2, 0) is 43.8 Å². The number of aliphatic hydroxyl groups is 1. The summed E-state index contributed by atoms with van der Waals surface area (Å²) in [6.45, 7) is -0.143. The minimum absolute atomic E-state index is 0. The van der Waals surface area contributed by atoms with Gasteiger partial charge in [0.15, 0.2) is 6.79 Å². The van der Waals surface area contributed by atoms with Crippen molar-refractivity contribution >= 4 is 18.4 Å². The Kier molecular flexibility index (Phi) is 23.6. The molecule has 0 saturated carbocycles. The molecule has 20 nitrogen and oxygen atoms in total. The second kappa shape index (κ2) is 30.5. The van der Waals surface area contributed by atoms with Gasteiger partial charge >= 0.3 is 44.9 Å². The van der Waals surface area contributed by atoms with Gasteiger partial charge in [0.2, 0.25) is 0 Å². The van der Waals surface area contributed by atoms with E-state index in [1.165, 1.54) is 61.2 Å². The van der Waals surface area contributed by atoms with Crippen LogP contribution >= 0.6 is 0 Å². The second-order valence-corrected chi connectivity index (χ2v) is 13.3. The van der Waals surface area contributed by atoms with Crippen LogP contribution in [0.4, 0.5) is 0 Å². The summed E-state index contributed by atoms with van der Waals surface area (Å²) in [6, 6.07) is 34.8. The van der Waals surface area contributed by atoms with Gasteiger partial charge in [0.05, 0.1) is 57.1 Å². The second-order valence-electron chi connectivity index (χ2n) is 13.3. The molecule has 0 aliphatic carbocycles. The molecule has 0 fully saturated rings. The van der Waals surface area contributed by atoms with Gasteiger partial charge in [-0.15, -0.1) is 0 Å². The molecule has 10 aromatic rings.